The van der Waals surface area contributed by atoms with Crippen molar-refractivity contribution in [2.75, 3.05) is 0 Å². The summed E-state index contributed by atoms with van der Waals surface area (Å²) in [6, 6.07) is 4.72. The lowest BCUT2D eigenvalue weighted by Crippen LogP contribution is -2.41. The van der Waals surface area contributed by atoms with Gasteiger partial charge >= 0.3 is 7.12 Å². The average molecular weight is 333 g/mol. The van der Waals surface area contributed by atoms with E-state index in [2.05, 4.69) is 5.32 Å². The van der Waals surface area contributed by atoms with Gasteiger partial charge in [-0.05, 0) is 58.1 Å². The molecule has 3 rings (SSSR count). The van der Waals surface area contributed by atoms with Gasteiger partial charge in [-0.2, -0.15) is 0 Å². The minimum Gasteiger partial charge on any atom is -0.399 e. The summed E-state index contributed by atoms with van der Waals surface area (Å²) >= 11 is 0. The van der Waals surface area contributed by atoms with E-state index < -0.39 is 24.1 Å². The molecule has 1 N–H and O–H groups in total. The standard InChI is InChI=1S/C18H25BFNO3/c1-17(2)18(3,4)24-19(23-17)12-9-10-14(15(20)11-12)16(22)21-13-7-5-6-8-13/h9-11,13H,5-8H2,1-4H3,(H,21,22). The normalized spacial score (nSPS) is 22.8. The number of hydrogen-bond donors (Lipinski definition) is 1. The lowest BCUT2D eigenvalue weighted by molar-refractivity contribution is 0.00578. The molecule has 2 aliphatic rings. The minimum absolute atomic E-state index is 0.0715. The van der Waals surface area contributed by atoms with Crippen LogP contribution >= 0.6 is 0 Å². The first-order chi connectivity index (χ1) is 11.2. The molecule has 1 saturated carbocycles. The number of hydrogen-bond acceptors (Lipinski definition) is 3. The van der Waals surface area contributed by atoms with Crippen molar-refractivity contribution in [3.63, 3.8) is 0 Å². The van der Waals surface area contributed by atoms with Gasteiger partial charge < -0.3 is 14.6 Å². The van der Waals surface area contributed by atoms with E-state index in [-0.39, 0.29) is 17.5 Å². The molecule has 1 saturated heterocycles. The van der Waals surface area contributed by atoms with Crippen LogP contribution in [0.1, 0.15) is 63.7 Å². The van der Waals surface area contributed by atoms with Crippen molar-refractivity contribution >= 4 is 18.5 Å². The monoisotopic (exact) mass is 333 g/mol. The summed E-state index contributed by atoms with van der Waals surface area (Å²) in [5.41, 5.74) is -0.301. The molecule has 1 amide bonds. The molecule has 0 radical (unpaired) electrons. The topological polar surface area (TPSA) is 47.6 Å². The molecule has 0 atom stereocenters. The highest BCUT2D eigenvalue weighted by atomic mass is 19.1. The van der Waals surface area contributed by atoms with Crippen molar-refractivity contribution in [2.24, 2.45) is 0 Å². The van der Waals surface area contributed by atoms with E-state index in [1.165, 1.54) is 12.1 Å². The van der Waals surface area contributed by atoms with Crippen LogP contribution < -0.4 is 10.8 Å². The Kier molecular flexibility index (Phi) is 4.47. The average Bonchev–Trinajstić information content (AvgIpc) is 3.05. The highest BCUT2D eigenvalue weighted by Gasteiger charge is 2.51. The van der Waals surface area contributed by atoms with Gasteiger partial charge in [0.1, 0.15) is 5.82 Å². The van der Waals surface area contributed by atoms with Crippen molar-refractivity contribution in [3.05, 3.63) is 29.6 Å². The number of benzene rings is 1. The molecule has 6 heteroatoms. The third-order valence-electron chi connectivity index (χ3n) is 5.45. The van der Waals surface area contributed by atoms with E-state index in [1.807, 2.05) is 27.7 Å². The summed E-state index contributed by atoms with van der Waals surface area (Å²) in [5, 5.41) is 2.91. The zero-order valence-corrected chi connectivity index (χ0v) is 14.8. The molecule has 0 aromatic heterocycles. The van der Waals surface area contributed by atoms with Gasteiger partial charge in [0.2, 0.25) is 0 Å². The highest BCUT2D eigenvalue weighted by Crippen LogP contribution is 2.36. The van der Waals surface area contributed by atoms with E-state index in [0.717, 1.165) is 25.7 Å². The summed E-state index contributed by atoms with van der Waals surface area (Å²) in [5.74, 6) is -0.891. The molecule has 4 nitrogen and oxygen atoms in total. The molecule has 1 heterocycles. The third kappa shape index (κ3) is 3.22. The predicted octanol–water partition coefficient (Wildman–Crippen LogP) is 2.80. The third-order valence-corrected chi connectivity index (χ3v) is 5.45. The van der Waals surface area contributed by atoms with E-state index in [4.69, 9.17) is 9.31 Å². The minimum atomic E-state index is -0.628. The Labute approximate surface area is 143 Å². The summed E-state index contributed by atoms with van der Waals surface area (Å²) in [6.07, 6.45) is 4.18. The van der Waals surface area contributed by atoms with Crippen LogP contribution in [0.4, 0.5) is 4.39 Å². The van der Waals surface area contributed by atoms with Crippen LogP contribution in [0.15, 0.2) is 18.2 Å². The van der Waals surface area contributed by atoms with Crippen LogP contribution in [0.2, 0.25) is 0 Å². The number of amides is 1. The highest BCUT2D eigenvalue weighted by molar-refractivity contribution is 6.62. The maximum Gasteiger partial charge on any atom is 0.494 e. The van der Waals surface area contributed by atoms with Crippen molar-refractivity contribution in [2.45, 2.75) is 70.6 Å². The van der Waals surface area contributed by atoms with E-state index >= 15 is 0 Å². The van der Waals surface area contributed by atoms with Crippen molar-refractivity contribution in [1.29, 1.82) is 0 Å². The molecular weight excluding hydrogens is 308 g/mol. The van der Waals surface area contributed by atoms with Crippen LogP contribution in [0.5, 0.6) is 0 Å². The summed E-state index contributed by atoms with van der Waals surface area (Å²) in [6.45, 7) is 7.80. The van der Waals surface area contributed by atoms with Gasteiger partial charge in [0.05, 0.1) is 16.8 Å². The number of carbonyl (C=O) groups is 1. The quantitative estimate of drug-likeness (QED) is 0.866. The smallest absolute Gasteiger partial charge is 0.399 e. The van der Waals surface area contributed by atoms with E-state index in [1.54, 1.807) is 6.07 Å². The van der Waals surface area contributed by atoms with Crippen LogP contribution in [0.25, 0.3) is 0 Å². The van der Waals surface area contributed by atoms with E-state index in [0.29, 0.717) is 5.46 Å². The fourth-order valence-electron chi connectivity index (χ4n) is 3.17. The first-order valence-corrected chi connectivity index (χ1v) is 8.65. The lowest BCUT2D eigenvalue weighted by atomic mass is 9.78. The molecule has 0 unspecified atom stereocenters. The maximum absolute atomic E-state index is 14.4. The lowest BCUT2D eigenvalue weighted by Gasteiger charge is -2.32. The van der Waals surface area contributed by atoms with E-state index in [9.17, 15) is 9.18 Å². The molecule has 2 fully saturated rings. The Morgan fingerprint density at radius 3 is 2.29 bits per heavy atom. The zero-order valence-electron chi connectivity index (χ0n) is 14.8. The Balaban J connectivity index is 1.74. The molecule has 1 aromatic rings. The molecule has 0 spiro atoms. The first kappa shape index (κ1) is 17.4. The summed E-state index contributed by atoms with van der Waals surface area (Å²) < 4.78 is 26.3. The molecule has 1 aromatic carbocycles. The SMILES string of the molecule is CC1(C)OB(c2ccc(C(=O)NC3CCCC3)c(F)c2)OC1(C)C. The van der Waals surface area contributed by atoms with Gasteiger partial charge in [-0.25, -0.2) is 4.39 Å². The van der Waals surface area contributed by atoms with Crippen molar-refractivity contribution in [3.8, 4) is 0 Å². The van der Waals surface area contributed by atoms with Gasteiger partial charge in [0, 0.05) is 6.04 Å². The largest absolute Gasteiger partial charge is 0.494 e. The molecule has 130 valence electrons. The second-order valence-corrected chi connectivity index (χ2v) is 7.78. The Bertz CT molecular complexity index is 625. The fourth-order valence-corrected chi connectivity index (χ4v) is 3.17. The molecule has 0 bridgehead atoms. The number of nitrogens with one attached hydrogen (secondary N) is 1. The molecular formula is C18H25BFNO3. The van der Waals surface area contributed by atoms with Crippen LogP contribution in [0, 0.1) is 5.82 Å². The fraction of sp³-hybridized carbons (Fsp3) is 0.611. The van der Waals surface area contributed by atoms with Crippen molar-refractivity contribution < 1.29 is 18.5 Å². The number of carbonyl (C=O) groups excluding carboxylic acids is 1. The summed E-state index contributed by atoms with van der Waals surface area (Å²) in [7, 11) is -0.628. The van der Waals surface area contributed by atoms with Crippen LogP contribution in [0.3, 0.4) is 0 Å². The van der Waals surface area contributed by atoms with Gasteiger partial charge in [-0.3, -0.25) is 4.79 Å². The van der Waals surface area contributed by atoms with Crippen LogP contribution in [-0.4, -0.2) is 30.3 Å². The molecule has 24 heavy (non-hydrogen) atoms. The molecule has 1 aliphatic heterocycles. The Hall–Kier alpha value is -1.40. The number of halogens is 1. The Morgan fingerprint density at radius 1 is 1.17 bits per heavy atom. The van der Waals surface area contributed by atoms with Gasteiger partial charge in [0.25, 0.3) is 5.91 Å². The molecule has 1 aliphatic carbocycles. The van der Waals surface area contributed by atoms with Crippen LogP contribution in [-0.2, 0) is 9.31 Å². The first-order valence-electron chi connectivity index (χ1n) is 8.65. The maximum atomic E-state index is 14.4. The Morgan fingerprint density at radius 2 is 1.75 bits per heavy atom. The predicted molar refractivity (Wildman–Crippen MR) is 91.8 cm³/mol. The second kappa shape index (κ2) is 6.15. The van der Waals surface area contributed by atoms with Crippen molar-refractivity contribution in [1.82, 2.24) is 5.32 Å². The van der Waals surface area contributed by atoms with Gasteiger partial charge in [0.15, 0.2) is 0 Å². The van der Waals surface area contributed by atoms with Gasteiger partial charge in [-0.1, -0.05) is 18.9 Å². The second-order valence-electron chi connectivity index (χ2n) is 7.78. The zero-order chi connectivity index (χ0) is 17.5. The van der Waals surface area contributed by atoms with Gasteiger partial charge in [-0.15, -0.1) is 0 Å². The number of rotatable bonds is 3. The summed E-state index contributed by atoms with van der Waals surface area (Å²) in [4.78, 5) is 12.2.